The Morgan fingerprint density at radius 3 is 2.36 bits per heavy atom. The predicted molar refractivity (Wildman–Crippen MR) is 134 cm³/mol. The first-order chi connectivity index (χ1) is 18.1. The summed E-state index contributed by atoms with van der Waals surface area (Å²) in [6.45, 7) is 0.605. The van der Waals surface area contributed by atoms with E-state index in [2.05, 4.69) is 38.6 Å². The molecule has 0 bridgehead atoms. The summed E-state index contributed by atoms with van der Waals surface area (Å²) >= 11 is 0. The maximum absolute atomic E-state index is 12.3. The SMILES string of the molecule is NCCCCCCN=C1NC=NC2=NC=NC21OP(=O)(O)OP(=O)(O)OP(=O)(O)O.OC[C@H]1OC(O)C[C@@H]1O. The maximum Gasteiger partial charge on any atom is 0.490 e. The van der Waals surface area contributed by atoms with Crippen molar-refractivity contribution in [3.63, 3.8) is 0 Å². The van der Waals surface area contributed by atoms with Gasteiger partial charge in [0.1, 0.15) is 12.4 Å². The smallest absolute Gasteiger partial charge is 0.394 e. The second-order valence-electron chi connectivity index (χ2n) is 7.97. The van der Waals surface area contributed by atoms with Crippen molar-refractivity contribution in [1.82, 2.24) is 5.32 Å². The molecular formula is C16H31N6O14P3. The van der Waals surface area contributed by atoms with E-state index in [4.69, 9.17) is 35.4 Å². The Morgan fingerprint density at radius 1 is 1.10 bits per heavy atom. The number of unbranched alkanes of at least 4 members (excludes halogenated alkanes) is 3. The normalized spacial score (nSPS) is 30.1. The monoisotopic (exact) mass is 624 g/mol. The van der Waals surface area contributed by atoms with E-state index in [1.807, 2.05) is 0 Å². The average molecular weight is 624 g/mol. The van der Waals surface area contributed by atoms with Gasteiger partial charge >= 0.3 is 23.5 Å². The van der Waals surface area contributed by atoms with Crippen LogP contribution >= 0.6 is 23.5 Å². The van der Waals surface area contributed by atoms with E-state index < -0.39 is 47.7 Å². The maximum atomic E-state index is 12.3. The molecule has 0 saturated carbocycles. The molecule has 224 valence electrons. The Labute approximate surface area is 221 Å². The molecule has 1 fully saturated rings. The Kier molecular flexibility index (Phi) is 12.6. The first-order valence-electron chi connectivity index (χ1n) is 11.3. The third kappa shape index (κ3) is 10.9. The number of hydrogen-bond acceptors (Lipinski definition) is 15. The zero-order valence-corrected chi connectivity index (χ0v) is 22.9. The molecule has 1 saturated heterocycles. The topological polar surface area (TPSA) is 317 Å². The number of fused-ring (bicyclic) bond motifs is 1. The number of phosphoric acid groups is 3. The van der Waals surface area contributed by atoms with Crippen molar-refractivity contribution >= 4 is 47.8 Å². The highest BCUT2D eigenvalue weighted by molar-refractivity contribution is 7.66. The summed E-state index contributed by atoms with van der Waals surface area (Å²) in [6.07, 6.45) is 3.36. The molecule has 6 atom stereocenters. The molecule has 0 aromatic carbocycles. The zero-order chi connectivity index (χ0) is 29.3. The van der Waals surface area contributed by atoms with Gasteiger partial charge in [0.2, 0.25) is 0 Å². The molecule has 10 N–H and O–H groups in total. The van der Waals surface area contributed by atoms with Crippen molar-refractivity contribution in [2.75, 3.05) is 19.7 Å². The van der Waals surface area contributed by atoms with Gasteiger partial charge in [-0.05, 0) is 19.4 Å². The predicted octanol–water partition coefficient (Wildman–Crippen LogP) is -1.54. The van der Waals surface area contributed by atoms with Crippen LogP contribution in [0.2, 0.25) is 0 Å². The number of hydrogen-bond donors (Lipinski definition) is 9. The molecule has 3 aliphatic heterocycles. The molecule has 3 aliphatic rings. The lowest BCUT2D eigenvalue weighted by Gasteiger charge is -2.31. The molecular weight excluding hydrogens is 593 g/mol. The van der Waals surface area contributed by atoms with E-state index in [0.29, 0.717) is 13.0 Å². The van der Waals surface area contributed by atoms with Gasteiger partial charge in [-0.15, -0.1) is 0 Å². The molecule has 0 spiro atoms. The van der Waals surface area contributed by atoms with Crippen LogP contribution in [0.15, 0.2) is 20.0 Å². The number of aliphatic hydroxyl groups is 3. The van der Waals surface area contributed by atoms with Gasteiger partial charge < -0.3 is 50.7 Å². The van der Waals surface area contributed by atoms with Crippen molar-refractivity contribution in [2.24, 2.45) is 25.7 Å². The van der Waals surface area contributed by atoms with Crippen LogP contribution in [-0.4, -0.2) is 103 Å². The third-order valence-corrected chi connectivity index (χ3v) is 8.68. The fourth-order valence-corrected chi connectivity index (χ4v) is 6.43. The molecule has 4 unspecified atom stereocenters. The molecule has 20 nitrogen and oxygen atoms in total. The van der Waals surface area contributed by atoms with E-state index in [1.165, 1.54) is 6.34 Å². The Morgan fingerprint density at radius 2 is 1.79 bits per heavy atom. The van der Waals surface area contributed by atoms with E-state index in [1.54, 1.807) is 0 Å². The van der Waals surface area contributed by atoms with Gasteiger partial charge in [-0.2, -0.15) is 8.62 Å². The van der Waals surface area contributed by atoms with Crippen LogP contribution in [0.3, 0.4) is 0 Å². The first kappa shape index (κ1) is 33.9. The molecule has 0 radical (unpaired) electrons. The van der Waals surface area contributed by atoms with Crippen LogP contribution in [0, 0.1) is 0 Å². The average Bonchev–Trinajstić information content (AvgIpc) is 3.35. The summed E-state index contributed by atoms with van der Waals surface area (Å²) < 4.78 is 51.6. The highest BCUT2D eigenvalue weighted by atomic mass is 31.3. The van der Waals surface area contributed by atoms with Crippen molar-refractivity contribution in [1.29, 1.82) is 0 Å². The molecule has 39 heavy (non-hydrogen) atoms. The summed E-state index contributed by atoms with van der Waals surface area (Å²) in [4.78, 5) is 52.1. The van der Waals surface area contributed by atoms with Gasteiger partial charge in [-0.3, -0.25) is 4.99 Å². The second kappa shape index (κ2) is 14.5. The zero-order valence-electron chi connectivity index (χ0n) is 20.2. The fourth-order valence-electron chi connectivity index (χ4n) is 3.25. The highest BCUT2D eigenvalue weighted by Crippen LogP contribution is 2.67. The summed E-state index contributed by atoms with van der Waals surface area (Å²) in [6, 6.07) is 0. The van der Waals surface area contributed by atoms with Gasteiger partial charge in [0.05, 0.1) is 19.0 Å². The van der Waals surface area contributed by atoms with Crippen molar-refractivity contribution in [2.45, 2.75) is 56.3 Å². The minimum atomic E-state index is -5.70. The van der Waals surface area contributed by atoms with Gasteiger partial charge in [0, 0.05) is 13.0 Å². The molecule has 0 aromatic rings. The standard InChI is InChI=1S/C11H21N6O10P3.C5H10O4/c12-5-3-1-2-4-6-13-9-11(10(15-7-14-9)16-8-17-11)25-29(21,22)27-30(23,24)26-28(18,19)20;6-2-4-3(7)1-5(8)9-4/h7-8H,1-6,12H2,(H,21,22)(H,23,24)(H2,18,19,20)(H,13,14,15,16,17);3-8H,1-2H2/t;3-,4+,5?/m.0/s1. The number of ether oxygens (including phenoxy) is 1. The number of aliphatic imine (C=N–C) groups is 4. The molecule has 23 heteroatoms. The summed E-state index contributed by atoms with van der Waals surface area (Å²) in [5.41, 5.74) is 3.23. The van der Waals surface area contributed by atoms with Gasteiger partial charge in [0.15, 0.2) is 18.0 Å². The Balaban J connectivity index is 0.000000499. The third-order valence-electron chi connectivity index (χ3n) is 4.86. The minimum Gasteiger partial charge on any atom is -0.394 e. The van der Waals surface area contributed by atoms with E-state index >= 15 is 0 Å². The lowest BCUT2D eigenvalue weighted by atomic mass is 10.1. The van der Waals surface area contributed by atoms with Crippen LogP contribution in [0.25, 0.3) is 0 Å². The summed E-state index contributed by atoms with van der Waals surface area (Å²) in [5.74, 6) is -0.338. The van der Waals surface area contributed by atoms with Gasteiger partial charge in [-0.25, -0.2) is 33.2 Å². The molecule has 3 heterocycles. The number of phosphoric ester groups is 1. The number of nitrogens with one attached hydrogen (secondary N) is 1. The highest BCUT2D eigenvalue weighted by Gasteiger charge is 2.54. The fraction of sp³-hybridized carbons (Fsp3) is 0.750. The van der Waals surface area contributed by atoms with E-state index in [-0.39, 0.29) is 31.2 Å². The lowest BCUT2D eigenvalue weighted by Crippen LogP contribution is -2.54. The summed E-state index contributed by atoms with van der Waals surface area (Å²) in [7, 11) is -16.8. The van der Waals surface area contributed by atoms with Crippen LogP contribution in [0.5, 0.6) is 0 Å². The first-order valence-corrected chi connectivity index (χ1v) is 15.8. The second-order valence-corrected chi connectivity index (χ2v) is 12.3. The number of aliphatic hydroxyl groups excluding tert-OH is 3. The largest absolute Gasteiger partial charge is 0.490 e. The van der Waals surface area contributed by atoms with Gasteiger partial charge in [0.25, 0.3) is 5.72 Å². The number of rotatable bonds is 13. The number of nitrogens with two attached hydrogens (primary N) is 1. The van der Waals surface area contributed by atoms with Crippen LogP contribution in [0.4, 0.5) is 0 Å². The number of nitrogens with zero attached hydrogens (tertiary/aromatic N) is 4. The van der Waals surface area contributed by atoms with Crippen molar-refractivity contribution in [3.8, 4) is 0 Å². The molecule has 3 rings (SSSR count). The van der Waals surface area contributed by atoms with Crippen LogP contribution in [0.1, 0.15) is 32.1 Å². The van der Waals surface area contributed by atoms with E-state index in [9.17, 15) is 23.5 Å². The molecule has 0 aromatic heterocycles. The van der Waals surface area contributed by atoms with Crippen LogP contribution < -0.4 is 11.1 Å². The number of amidine groups is 2. The molecule has 0 amide bonds. The van der Waals surface area contributed by atoms with Gasteiger partial charge in [-0.1, -0.05) is 12.8 Å². The van der Waals surface area contributed by atoms with E-state index in [0.717, 1.165) is 25.6 Å². The van der Waals surface area contributed by atoms with Crippen LogP contribution in [-0.2, 0) is 31.6 Å². The minimum absolute atomic E-state index is 0.106. The van der Waals surface area contributed by atoms with Crippen molar-refractivity contribution in [3.05, 3.63) is 0 Å². The lowest BCUT2D eigenvalue weighted by molar-refractivity contribution is -0.107. The quantitative estimate of drug-likeness (QED) is 0.0828. The summed E-state index contributed by atoms with van der Waals surface area (Å²) in [5, 5.41) is 28.7. The Hall–Kier alpha value is -1.31. The molecule has 0 aliphatic carbocycles. The van der Waals surface area contributed by atoms with Crippen molar-refractivity contribution < 1.29 is 66.5 Å². The Bertz CT molecular complexity index is 1100.